The summed E-state index contributed by atoms with van der Waals surface area (Å²) in [5, 5.41) is 9.14. The number of carboxylic acid groups (broad SMARTS) is 1. The summed E-state index contributed by atoms with van der Waals surface area (Å²) in [4.78, 5) is 26.6. The number of rotatable bonds is 4. The molecule has 1 spiro atoms. The van der Waals surface area contributed by atoms with Crippen LogP contribution in [0.5, 0.6) is 0 Å². The predicted octanol–water partition coefficient (Wildman–Crippen LogP) is 3.79. The number of hydrogen-bond donors (Lipinski definition) is 1. The Bertz CT molecular complexity index is 655. The van der Waals surface area contributed by atoms with Crippen molar-refractivity contribution >= 4 is 23.6 Å². The molecule has 0 radical (unpaired) electrons. The minimum Gasteiger partial charge on any atom is -0.481 e. The zero-order valence-electron chi connectivity index (χ0n) is 15.2. The van der Waals surface area contributed by atoms with Gasteiger partial charge in [0.2, 0.25) is 5.91 Å². The molecule has 0 aromatic heterocycles. The number of likely N-dealkylation sites (tertiary alicyclic amines) is 1. The molecule has 1 unspecified atom stereocenters. The SMILES string of the molecule is CC(C)(C)c1ccc(SCC(=O)N2CCC3(CC2)CC3C(=O)O)cc1. The molecule has 1 aromatic carbocycles. The molecule has 1 heterocycles. The van der Waals surface area contributed by atoms with Gasteiger partial charge < -0.3 is 10.0 Å². The summed E-state index contributed by atoms with van der Waals surface area (Å²) in [6, 6.07) is 8.45. The molecule has 1 aliphatic carbocycles. The zero-order chi connectivity index (χ0) is 18.2. The molecule has 2 aliphatic rings. The van der Waals surface area contributed by atoms with Crippen LogP contribution in [0.1, 0.15) is 45.6 Å². The van der Waals surface area contributed by atoms with Gasteiger partial charge in [-0.25, -0.2) is 0 Å². The Labute approximate surface area is 154 Å². The maximum atomic E-state index is 12.4. The van der Waals surface area contributed by atoms with Gasteiger partial charge in [0, 0.05) is 18.0 Å². The first-order chi connectivity index (χ1) is 11.7. The Kier molecular flexibility index (Phi) is 4.89. The third kappa shape index (κ3) is 4.02. The van der Waals surface area contributed by atoms with Crippen LogP contribution in [0.25, 0.3) is 0 Å². The van der Waals surface area contributed by atoms with E-state index in [2.05, 4.69) is 45.0 Å². The number of carboxylic acids is 1. The number of carbonyl (C=O) groups is 2. The lowest BCUT2D eigenvalue weighted by Gasteiger charge is -2.32. The van der Waals surface area contributed by atoms with Gasteiger partial charge in [-0.15, -0.1) is 11.8 Å². The van der Waals surface area contributed by atoms with Crippen molar-refractivity contribution in [2.75, 3.05) is 18.8 Å². The number of hydrogen-bond acceptors (Lipinski definition) is 3. The van der Waals surface area contributed by atoms with E-state index in [4.69, 9.17) is 5.11 Å². The number of benzene rings is 1. The van der Waals surface area contributed by atoms with Crippen LogP contribution in [0.4, 0.5) is 0 Å². The topological polar surface area (TPSA) is 57.6 Å². The van der Waals surface area contributed by atoms with Crippen molar-refractivity contribution in [2.24, 2.45) is 11.3 Å². The molecule has 136 valence electrons. The van der Waals surface area contributed by atoms with E-state index >= 15 is 0 Å². The number of aliphatic carboxylic acids is 1. The summed E-state index contributed by atoms with van der Waals surface area (Å²) in [5.74, 6) is -0.244. The fourth-order valence-corrected chi connectivity index (χ4v) is 4.54. The minimum atomic E-state index is -0.672. The van der Waals surface area contributed by atoms with Gasteiger partial charge in [0.15, 0.2) is 0 Å². The van der Waals surface area contributed by atoms with E-state index in [9.17, 15) is 9.59 Å². The molecular weight excluding hydrogens is 334 g/mol. The van der Waals surface area contributed by atoms with Crippen molar-refractivity contribution in [3.8, 4) is 0 Å². The van der Waals surface area contributed by atoms with E-state index in [1.54, 1.807) is 11.8 Å². The second kappa shape index (κ2) is 6.67. The first-order valence-corrected chi connectivity index (χ1v) is 9.94. The molecule has 3 rings (SSSR count). The predicted molar refractivity (Wildman–Crippen MR) is 99.9 cm³/mol. The lowest BCUT2D eigenvalue weighted by atomic mass is 9.87. The molecule has 1 saturated carbocycles. The largest absolute Gasteiger partial charge is 0.481 e. The monoisotopic (exact) mass is 361 g/mol. The minimum absolute atomic E-state index is 0.0153. The molecule has 1 amide bonds. The molecule has 4 nitrogen and oxygen atoms in total. The summed E-state index contributed by atoms with van der Waals surface area (Å²) in [6.45, 7) is 7.97. The molecular formula is C20H27NO3S. The van der Waals surface area contributed by atoms with Gasteiger partial charge in [0.25, 0.3) is 0 Å². The quantitative estimate of drug-likeness (QED) is 0.829. The molecule has 1 aliphatic heterocycles. The van der Waals surface area contributed by atoms with Crippen LogP contribution in [0.3, 0.4) is 0 Å². The van der Waals surface area contributed by atoms with E-state index in [1.165, 1.54) is 5.56 Å². The fraction of sp³-hybridized carbons (Fsp3) is 0.600. The molecule has 0 bridgehead atoms. The fourth-order valence-electron chi connectivity index (χ4n) is 3.74. The van der Waals surface area contributed by atoms with E-state index in [0.717, 1.165) is 24.2 Å². The summed E-state index contributed by atoms with van der Waals surface area (Å²) in [5.41, 5.74) is 1.42. The molecule has 1 atom stereocenters. The Morgan fingerprint density at radius 1 is 1.20 bits per heavy atom. The van der Waals surface area contributed by atoms with Gasteiger partial charge in [0.05, 0.1) is 11.7 Å². The maximum absolute atomic E-state index is 12.4. The first-order valence-electron chi connectivity index (χ1n) is 8.95. The molecule has 1 aromatic rings. The van der Waals surface area contributed by atoms with Gasteiger partial charge in [-0.05, 0) is 47.8 Å². The third-order valence-corrected chi connectivity index (χ3v) is 6.68. The van der Waals surface area contributed by atoms with Crippen molar-refractivity contribution in [2.45, 2.75) is 50.3 Å². The van der Waals surface area contributed by atoms with Crippen molar-refractivity contribution < 1.29 is 14.7 Å². The highest BCUT2D eigenvalue weighted by Gasteiger charge is 2.59. The smallest absolute Gasteiger partial charge is 0.307 e. The molecule has 25 heavy (non-hydrogen) atoms. The Hall–Kier alpha value is -1.49. The summed E-state index contributed by atoms with van der Waals surface area (Å²) < 4.78 is 0. The van der Waals surface area contributed by atoms with E-state index in [0.29, 0.717) is 18.8 Å². The van der Waals surface area contributed by atoms with Crippen molar-refractivity contribution in [1.82, 2.24) is 4.90 Å². The average molecular weight is 362 g/mol. The normalized spacial score (nSPS) is 22.0. The third-order valence-electron chi connectivity index (χ3n) is 5.68. The summed E-state index contributed by atoms with van der Waals surface area (Å²) >= 11 is 1.58. The van der Waals surface area contributed by atoms with Crippen LogP contribution < -0.4 is 0 Å². The number of carbonyl (C=O) groups excluding carboxylic acids is 1. The molecule has 5 heteroatoms. The Balaban J connectivity index is 1.47. The average Bonchev–Trinajstić information content (AvgIpc) is 3.27. The Morgan fingerprint density at radius 2 is 1.80 bits per heavy atom. The first kappa shape index (κ1) is 18.3. The van der Waals surface area contributed by atoms with Gasteiger partial charge in [-0.1, -0.05) is 32.9 Å². The second-order valence-electron chi connectivity index (χ2n) is 8.40. The summed E-state index contributed by atoms with van der Waals surface area (Å²) in [7, 11) is 0. The van der Waals surface area contributed by atoms with Crippen LogP contribution in [-0.4, -0.2) is 40.7 Å². The summed E-state index contributed by atoms with van der Waals surface area (Å²) in [6.07, 6.45) is 2.46. The highest BCUT2D eigenvalue weighted by molar-refractivity contribution is 8.00. The van der Waals surface area contributed by atoms with E-state index < -0.39 is 5.97 Å². The number of thioether (sulfide) groups is 1. The zero-order valence-corrected chi connectivity index (χ0v) is 16.1. The molecule has 2 fully saturated rings. The molecule has 1 saturated heterocycles. The van der Waals surface area contributed by atoms with Crippen LogP contribution in [0.15, 0.2) is 29.2 Å². The number of nitrogens with zero attached hydrogens (tertiary/aromatic N) is 1. The second-order valence-corrected chi connectivity index (χ2v) is 9.45. The van der Waals surface area contributed by atoms with Crippen LogP contribution in [0, 0.1) is 11.3 Å². The van der Waals surface area contributed by atoms with Gasteiger partial charge >= 0.3 is 5.97 Å². The molecule has 1 N–H and O–H groups in total. The van der Waals surface area contributed by atoms with Gasteiger partial charge in [-0.3, -0.25) is 9.59 Å². The van der Waals surface area contributed by atoms with E-state index in [1.807, 2.05) is 4.90 Å². The van der Waals surface area contributed by atoms with Crippen molar-refractivity contribution in [3.05, 3.63) is 29.8 Å². The number of piperidine rings is 1. The van der Waals surface area contributed by atoms with Crippen LogP contribution in [-0.2, 0) is 15.0 Å². The Morgan fingerprint density at radius 3 is 2.28 bits per heavy atom. The highest BCUT2D eigenvalue weighted by atomic mass is 32.2. The van der Waals surface area contributed by atoms with Crippen molar-refractivity contribution in [1.29, 1.82) is 0 Å². The van der Waals surface area contributed by atoms with Gasteiger partial charge in [-0.2, -0.15) is 0 Å². The van der Waals surface area contributed by atoms with Crippen molar-refractivity contribution in [3.63, 3.8) is 0 Å². The lowest BCUT2D eigenvalue weighted by molar-refractivity contribution is -0.139. The maximum Gasteiger partial charge on any atom is 0.307 e. The van der Waals surface area contributed by atoms with Crippen LogP contribution in [0.2, 0.25) is 0 Å². The lowest BCUT2D eigenvalue weighted by Crippen LogP contribution is -2.40. The van der Waals surface area contributed by atoms with Crippen LogP contribution >= 0.6 is 11.8 Å². The highest BCUT2D eigenvalue weighted by Crippen LogP contribution is 2.59. The van der Waals surface area contributed by atoms with Gasteiger partial charge in [0.1, 0.15) is 0 Å². The number of amides is 1. The standard InChI is InChI=1S/C20H27NO3S/c1-19(2,3)14-4-6-15(7-5-14)25-13-17(22)21-10-8-20(9-11-21)12-16(20)18(23)24/h4-7,16H,8-13H2,1-3H3,(H,23,24). The van der Waals surface area contributed by atoms with E-state index in [-0.39, 0.29) is 22.7 Å².